The minimum Gasteiger partial charge on any atom is -0.368 e. The predicted molar refractivity (Wildman–Crippen MR) is 101 cm³/mol. The summed E-state index contributed by atoms with van der Waals surface area (Å²) in [5, 5.41) is 3.51. The maximum absolute atomic E-state index is 4.67. The van der Waals surface area contributed by atoms with E-state index in [0.717, 1.165) is 42.4 Å². The van der Waals surface area contributed by atoms with Gasteiger partial charge < -0.3 is 10.2 Å². The van der Waals surface area contributed by atoms with E-state index in [9.17, 15) is 0 Å². The van der Waals surface area contributed by atoms with Crippen molar-refractivity contribution in [1.82, 2.24) is 19.9 Å². The number of aryl methyl sites for hydroxylation is 1. The molecule has 0 unspecified atom stereocenters. The molecule has 0 amide bonds. The van der Waals surface area contributed by atoms with Crippen LogP contribution in [0.5, 0.6) is 0 Å². The van der Waals surface area contributed by atoms with Gasteiger partial charge in [0.05, 0.1) is 5.69 Å². The fourth-order valence-electron chi connectivity index (χ4n) is 3.48. The Balaban J connectivity index is 1.78. The van der Waals surface area contributed by atoms with Crippen LogP contribution in [0.4, 0.5) is 5.69 Å². The van der Waals surface area contributed by atoms with Gasteiger partial charge >= 0.3 is 0 Å². The first-order valence-electron chi connectivity index (χ1n) is 8.76. The Morgan fingerprint density at radius 2 is 2.00 bits per heavy atom. The highest BCUT2D eigenvalue weighted by Crippen LogP contribution is 2.31. The number of pyridine rings is 1. The number of rotatable bonds is 3. The molecule has 0 bridgehead atoms. The Bertz CT molecular complexity index is 870. The van der Waals surface area contributed by atoms with E-state index >= 15 is 0 Å². The molecule has 0 aliphatic carbocycles. The Morgan fingerprint density at radius 3 is 2.84 bits per heavy atom. The van der Waals surface area contributed by atoms with Crippen LogP contribution in [-0.4, -0.2) is 40.2 Å². The third-order valence-corrected chi connectivity index (χ3v) is 4.65. The van der Waals surface area contributed by atoms with Crippen LogP contribution in [0.2, 0.25) is 0 Å². The van der Waals surface area contributed by atoms with Gasteiger partial charge in [0.2, 0.25) is 0 Å². The molecule has 1 atom stereocenters. The van der Waals surface area contributed by atoms with Gasteiger partial charge in [0, 0.05) is 61.2 Å². The summed E-state index contributed by atoms with van der Waals surface area (Å²) in [4.78, 5) is 11.4. The first-order chi connectivity index (χ1) is 12.2. The predicted octanol–water partition coefficient (Wildman–Crippen LogP) is 3.04. The van der Waals surface area contributed by atoms with Crippen molar-refractivity contribution in [2.45, 2.75) is 19.9 Å². The van der Waals surface area contributed by atoms with Gasteiger partial charge in [-0.1, -0.05) is 12.1 Å². The van der Waals surface area contributed by atoms with Gasteiger partial charge in [-0.05, 0) is 38.1 Å². The van der Waals surface area contributed by atoms with Gasteiger partial charge in [-0.2, -0.15) is 0 Å². The highest BCUT2D eigenvalue weighted by atomic mass is 15.2. The van der Waals surface area contributed by atoms with E-state index in [0.29, 0.717) is 6.04 Å². The molecule has 5 heteroatoms. The summed E-state index contributed by atoms with van der Waals surface area (Å²) in [6, 6.07) is 13.1. The van der Waals surface area contributed by atoms with Gasteiger partial charge in [-0.15, -0.1) is 0 Å². The molecule has 1 fully saturated rings. The first-order valence-corrected chi connectivity index (χ1v) is 8.76. The largest absolute Gasteiger partial charge is 0.368 e. The van der Waals surface area contributed by atoms with Crippen LogP contribution >= 0.6 is 0 Å². The number of hydrogen-bond donors (Lipinski definition) is 1. The van der Waals surface area contributed by atoms with E-state index < -0.39 is 0 Å². The second-order valence-corrected chi connectivity index (χ2v) is 6.59. The van der Waals surface area contributed by atoms with Crippen LogP contribution in [0.15, 0.2) is 55.0 Å². The van der Waals surface area contributed by atoms with Crippen LogP contribution in [-0.2, 0) is 0 Å². The van der Waals surface area contributed by atoms with Crippen molar-refractivity contribution < 1.29 is 0 Å². The summed E-state index contributed by atoms with van der Waals surface area (Å²) in [6.07, 6.45) is 5.72. The van der Waals surface area contributed by atoms with E-state index in [4.69, 9.17) is 0 Å². The van der Waals surface area contributed by atoms with E-state index in [1.165, 1.54) is 5.69 Å². The summed E-state index contributed by atoms with van der Waals surface area (Å²) in [5.41, 5.74) is 4.50. The third kappa shape index (κ3) is 3.15. The number of imidazole rings is 1. The number of anilines is 1. The molecular weight excluding hydrogens is 310 g/mol. The summed E-state index contributed by atoms with van der Waals surface area (Å²) in [7, 11) is 0. The minimum atomic E-state index is 0.490. The van der Waals surface area contributed by atoms with Crippen molar-refractivity contribution in [2.75, 3.05) is 24.5 Å². The van der Waals surface area contributed by atoms with Gasteiger partial charge in [0.25, 0.3) is 0 Å². The van der Waals surface area contributed by atoms with E-state index in [1.54, 1.807) is 0 Å². The Morgan fingerprint density at radius 1 is 1.12 bits per heavy atom. The highest BCUT2D eigenvalue weighted by molar-refractivity contribution is 5.76. The Labute approximate surface area is 148 Å². The molecule has 0 radical (unpaired) electrons. The molecule has 128 valence electrons. The van der Waals surface area contributed by atoms with Crippen LogP contribution < -0.4 is 10.2 Å². The molecule has 0 saturated carbocycles. The third-order valence-electron chi connectivity index (χ3n) is 4.65. The lowest BCUT2D eigenvalue weighted by molar-refractivity contribution is 0.485. The summed E-state index contributed by atoms with van der Waals surface area (Å²) in [5.74, 6) is 0.965. The van der Waals surface area contributed by atoms with Crippen LogP contribution in [0, 0.1) is 6.92 Å². The van der Waals surface area contributed by atoms with Crippen molar-refractivity contribution in [2.24, 2.45) is 0 Å². The van der Waals surface area contributed by atoms with E-state index in [-0.39, 0.29) is 0 Å². The van der Waals surface area contributed by atoms with Gasteiger partial charge in [-0.3, -0.25) is 9.55 Å². The molecule has 2 aromatic heterocycles. The lowest BCUT2D eigenvalue weighted by atomic mass is 10.1. The van der Waals surface area contributed by atoms with Gasteiger partial charge in [0.1, 0.15) is 5.82 Å². The average molecular weight is 333 g/mol. The topological polar surface area (TPSA) is 46.0 Å². The summed E-state index contributed by atoms with van der Waals surface area (Å²) < 4.78 is 2.14. The fourth-order valence-corrected chi connectivity index (χ4v) is 3.48. The molecule has 1 aliphatic rings. The number of para-hydroxylation sites is 1. The molecule has 1 N–H and O–H groups in total. The number of benzene rings is 1. The quantitative estimate of drug-likeness (QED) is 0.800. The summed E-state index contributed by atoms with van der Waals surface area (Å²) in [6.45, 7) is 7.27. The molecule has 3 aromatic rings. The van der Waals surface area contributed by atoms with Gasteiger partial charge in [-0.25, -0.2) is 4.98 Å². The molecular formula is C20H23N5. The molecule has 5 nitrogen and oxygen atoms in total. The Hall–Kier alpha value is -2.66. The fraction of sp³-hybridized carbons (Fsp3) is 0.300. The van der Waals surface area contributed by atoms with Crippen LogP contribution in [0.1, 0.15) is 12.6 Å². The number of hydrogen-bond acceptors (Lipinski definition) is 4. The number of nitrogens with one attached hydrogen (secondary N) is 1. The number of nitrogens with zero attached hydrogens (tertiary/aromatic N) is 4. The zero-order chi connectivity index (χ0) is 17.2. The van der Waals surface area contributed by atoms with Crippen molar-refractivity contribution in [3.63, 3.8) is 0 Å². The van der Waals surface area contributed by atoms with Crippen LogP contribution in [0.3, 0.4) is 0 Å². The van der Waals surface area contributed by atoms with Crippen LogP contribution in [0.25, 0.3) is 17.1 Å². The lowest BCUT2D eigenvalue weighted by Gasteiger charge is -2.34. The molecule has 1 aliphatic heterocycles. The molecule has 4 rings (SSSR count). The van der Waals surface area contributed by atoms with Crippen molar-refractivity contribution >= 4 is 5.69 Å². The van der Waals surface area contributed by atoms with Crippen molar-refractivity contribution in [3.05, 3.63) is 60.7 Å². The monoisotopic (exact) mass is 333 g/mol. The zero-order valence-corrected chi connectivity index (χ0v) is 14.7. The molecule has 0 spiro atoms. The molecule has 25 heavy (non-hydrogen) atoms. The normalized spacial score (nSPS) is 17.7. The van der Waals surface area contributed by atoms with E-state index in [1.807, 2.05) is 31.6 Å². The molecule has 3 heterocycles. The minimum absolute atomic E-state index is 0.490. The standard InChI is InChI=1S/C20H23N5/c1-15-13-17(7-8-21-15)25-12-10-23-20(25)18-5-3-4-6-19(18)24-11-9-22-16(2)14-24/h3-8,10,12-13,16,22H,9,11,14H2,1-2H3/t16-/m1/s1. The Kier molecular flexibility index (Phi) is 4.24. The summed E-state index contributed by atoms with van der Waals surface area (Å²) >= 11 is 0. The second-order valence-electron chi connectivity index (χ2n) is 6.59. The maximum atomic E-state index is 4.67. The number of piperazine rings is 1. The van der Waals surface area contributed by atoms with Crippen molar-refractivity contribution in [1.29, 1.82) is 0 Å². The average Bonchev–Trinajstić information content (AvgIpc) is 3.11. The SMILES string of the molecule is Cc1cc(-n2ccnc2-c2ccccc2N2CCN[C@H](C)C2)ccn1. The van der Waals surface area contributed by atoms with E-state index in [2.05, 4.69) is 62.0 Å². The molecule has 1 saturated heterocycles. The van der Waals surface area contributed by atoms with Gasteiger partial charge in [0.15, 0.2) is 0 Å². The maximum Gasteiger partial charge on any atom is 0.146 e. The smallest absolute Gasteiger partial charge is 0.146 e. The van der Waals surface area contributed by atoms with Crippen molar-refractivity contribution in [3.8, 4) is 17.1 Å². The zero-order valence-electron chi connectivity index (χ0n) is 14.7. The highest BCUT2D eigenvalue weighted by Gasteiger charge is 2.20. The second kappa shape index (κ2) is 6.69. The lowest BCUT2D eigenvalue weighted by Crippen LogP contribution is -2.49. The molecule has 1 aromatic carbocycles. The number of aromatic nitrogens is 3. The first kappa shape index (κ1) is 15.8.